The molecule has 1 saturated heterocycles. The minimum atomic E-state index is -0.443. The molecule has 1 aromatic rings. The number of carbonyl (C=O) groups excluding carboxylic acids is 1. The van der Waals surface area contributed by atoms with Gasteiger partial charge in [-0.05, 0) is 26.8 Å². The molecule has 1 aliphatic rings. The molecule has 0 aromatic carbocycles. The minimum absolute atomic E-state index is 0.228. The lowest BCUT2D eigenvalue weighted by Crippen LogP contribution is -2.49. The number of hydrogen-bond donors (Lipinski definition) is 0. The van der Waals surface area contributed by atoms with Crippen LogP contribution in [-0.2, 0) is 11.3 Å². The molecule has 0 bridgehead atoms. The van der Waals surface area contributed by atoms with Gasteiger partial charge in [0.05, 0.1) is 6.57 Å². The van der Waals surface area contributed by atoms with Crippen LogP contribution in [0.1, 0.15) is 25.6 Å². The van der Waals surface area contributed by atoms with Gasteiger partial charge in [0.25, 0.3) is 0 Å². The van der Waals surface area contributed by atoms with Crippen LogP contribution >= 0.6 is 11.3 Å². The highest BCUT2D eigenvalue weighted by Gasteiger charge is 2.25. The number of thiophene rings is 1. The van der Waals surface area contributed by atoms with Crippen LogP contribution in [0.25, 0.3) is 4.85 Å². The Labute approximate surface area is 129 Å². The van der Waals surface area contributed by atoms with Gasteiger partial charge in [-0.1, -0.05) is 6.07 Å². The summed E-state index contributed by atoms with van der Waals surface area (Å²) in [6.07, 6.45) is -0.228. The van der Waals surface area contributed by atoms with E-state index in [1.807, 2.05) is 32.9 Å². The lowest BCUT2D eigenvalue weighted by atomic mass is 10.2. The molecular weight excluding hydrogens is 286 g/mol. The second-order valence-corrected chi connectivity index (χ2v) is 7.24. The van der Waals surface area contributed by atoms with Crippen molar-refractivity contribution >= 4 is 22.4 Å². The summed E-state index contributed by atoms with van der Waals surface area (Å²) in [5, 5.41) is 0.734. The van der Waals surface area contributed by atoms with Crippen molar-refractivity contribution in [3.8, 4) is 0 Å². The Morgan fingerprint density at radius 2 is 2.00 bits per heavy atom. The number of rotatable bonds is 2. The lowest BCUT2D eigenvalue weighted by Gasteiger charge is -2.35. The third-order valence-corrected chi connectivity index (χ3v) is 4.12. The van der Waals surface area contributed by atoms with Gasteiger partial charge in [-0.2, -0.15) is 11.3 Å². The molecule has 21 heavy (non-hydrogen) atoms. The Balaban J connectivity index is 1.80. The summed E-state index contributed by atoms with van der Waals surface area (Å²) in [6.45, 7) is 16.5. The second-order valence-electron chi connectivity index (χ2n) is 6.10. The van der Waals surface area contributed by atoms with Gasteiger partial charge in [0.2, 0.25) is 5.00 Å². The molecule has 0 atom stereocenters. The molecule has 1 aromatic heterocycles. The van der Waals surface area contributed by atoms with E-state index in [-0.39, 0.29) is 6.09 Å². The van der Waals surface area contributed by atoms with Crippen LogP contribution in [0, 0.1) is 6.57 Å². The molecule has 0 spiro atoms. The van der Waals surface area contributed by atoms with Crippen molar-refractivity contribution in [3.63, 3.8) is 0 Å². The molecule has 0 saturated carbocycles. The topological polar surface area (TPSA) is 37.1 Å². The van der Waals surface area contributed by atoms with E-state index in [1.54, 1.807) is 16.2 Å². The van der Waals surface area contributed by atoms with E-state index < -0.39 is 5.60 Å². The fourth-order valence-electron chi connectivity index (χ4n) is 2.15. The normalized spacial score (nSPS) is 16.6. The molecule has 2 heterocycles. The molecule has 0 radical (unpaired) electrons. The quantitative estimate of drug-likeness (QED) is 0.786. The highest BCUT2D eigenvalue weighted by Crippen LogP contribution is 2.26. The van der Waals surface area contributed by atoms with Crippen LogP contribution in [0.2, 0.25) is 0 Å². The van der Waals surface area contributed by atoms with Gasteiger partial charge in [0, 0.05) is 37.6 Å². The summed E-state index contributed by atoms with van der Waals surface area (Å²) in [7, 11) is 0. The zero-order valence-electron chi connectivity index (χ0n) is 12.8. The average Bonchev–Trinajstić information content (AvgIpc) is 2.85. The molecular formula is C15H21N3O2S. The molecule has 1 aliphatic heterocycles. The highest BCUT2D eigenvalue weighted by atomic mass is 32.1. The highest BCUT2D eigenvalue weighted by molar-refractivity contribution is 7.16. The first kappa shape index (κ1) is 15.8. The molecule has 1 amide bonds. The van der Waals surface area contributed by atoms with E-state index in [2.05, 4.69) is 9.74 Å². The van der Waals surface area contributed by atoms with Crippen molar-refractivity contribution in [3.05, 3.63) is 28.4 Å². The van der Waals surface area contributed by atoms with Gasteiger partial charge in [-0.3, -0.25) is 4.90 Å². The number of ether oxygens (including phenoxy) is 1. The summed E-state index contributed by atoms with van der Waals surface area (Å²) in [5.41, 5.74) is -0.443. The predicted molar refractivity (Wildman–Crippen MR) is 83.7 cm³/mol. The first-order valence-corrected chi connectivity index (χ1v) is 7.85. The maximum absolute atomic E-state index is 12.0. The predicted octanol–water partition coefficient (Wildman–Crippen LogP) is 3.35. The van der Waals surface area contributed by atoms with Crippen molar-refractivity contribution in [2.24, 2.45) is 0 Å². The molecule has 0 N–H and O–H groups in total. The van der Waals surface area contributed by atoms with Crippen molar-refractivity contribution in [2.75, 3.05) is 26.2 Å². The Hall–Kier alpha value is -1.58. The van der Waals surface area contributed by atoms with Crippen LogP contribution in [-0.4, -0.2) is 47.7 Å². The van der Waals surface area contributed by atoms with E-state index in [9.17, 15) is 4.79 Å². The standard InChI is InChI=1S/C15H21N3O2S/c1-15(2,3)20-14(19)18-9-7-17(8-10-18)11-12-5-6-13(16-4)21-12/h5-6H,7-11H2,1-3H3. The van der Waals surface area contributed by atoms with Crippen molar-refractivity contribution in [1.82, 2.24) is 9.80 Å². The number of hydrogen-bond acceptors (Lipinski definition) is 4. The van der Waals surface area contributed by atoms with Crippen LogP contribution in [0.5, 0.6) is 0 Å². The minimum Gasteiger partial charge on any atom is -0.444 e. The number of piperazine rings is 1. The largest absolute Gasteiger partial charge is 0.444 e. The molecule has 114 valence electrons. The average molecular weight is 307 g/mol. The van der Waals surface area contributed by atoms with Crippen molar-refractivity contribution in [2.45, 2.75) is 32.9 Å². The lowest BCUT2D eigenvalue weighted by molar-refractivity contribution is 0.0140. The van der Waals surface area contributed by atoms with Crippen molar-refractivity contribution < 1.29 is 9.53 Å². The fourth-order valence-corrected chi connectivity index (χ4v) is 2.98. The van der Waals surface area contributed by atoms with Crippen molar-refractivity contribution in [1.29, 1.82) is 0 Å². The second kappa shape index (κ2) is 6.46. The zero-order chi connectivity index (χ0) is 15.5. The van der Waals surface area contributed by atoms with Gasteiger partial charge in [-0.25, -0.2) is 9.64 Å². The monoisotopic (exact) mass is 307 g/mol. The molecule has 0 aliphatic carbocycles. The molecule has 1 fully saturated rings. The summed E-state index contributed by atoms with van der Waals surface area (Å²) < 4.78 is 5.39. The summed E-state index contributed by atoms with van der Waals surface area (Å²) in [4.78, 5) is 20.7. The van der Waals surface area contributed by atoms with Crippen LogP contribution < -0.4 is 0 Å². The Morgan fingerprint density at radius 3 is 2.52 bits per heavy atom. The summed E-state index contributed by atoms with van der Waals surface area (Å²) in [6, 6.07) is 3.88. The first-order chi connectivity index (χ1) is 9.87. The number of nitrogens with zero attached hydrogens (tertiary/aromatic N) is 3. The third-order valence-electron chi connectivity index (χ3n) is 3.16. The van der Waals surface area contributed by atoms with Gasteiger partial charge in [-0.15, -0.1) is 0 Å². The SMILES string of the molecule is [C-]#[N+]c1ccc(CN2CCN(C(=O)OC(C)(C)C)CC2)s1. The van der Waals surface area contributed by atoms with E-state index in [0.717, 1.165) is 24.6 Å². The van der Waals surface area contributed by atoms with Crippen LogP contribution in [0.3, 0.4) is 0 Å². The molecule has 2 rings (SSSR count). The first-order valence-electron chi connectivity index (χ1n) is 7.04. The zero-order valence-corrected chi connectivity index (χ0v) is 13.6. The maximum atomic E-state index is 12.0. The maximum Gasteiger partial charge on any atom is 0.410 e. The smallest absolute Gasteiger partial charge is 0.410 e. The Bertz CT molecular complexity index is 534. The van der Waals surface area contributed by atoms with Gasteiger partial charge in [0.15, 0.2) is 0 Å². The van der Waals surface area contributed by atoms with E-state index in [0.29, 0.717) is 13.1 Å². The third kappa shape index (κ3) is 4.73. The molecule has 6 heteroatoms. The summed E-state index contributed by atoms with van der Waals surface area (Å²) >= 11 is 1.54. The van der Waals surface area contributed by atoms with Gasteiger partial charge >= 0.3 is 6.09 Å². The number of amides is 1. The Morgan fingerprint density at radius 1 is 1.33 bits per heavy atom. The van der Waals surface area contributed by atoms with Crippen LogP contribution in [0.4, 0.5) is 9.80 Å². The van der Waals surface area contributed by atoms with E-state index in [4.69, 9.17) is 11.3 Å². The molecule has 5 nitrogen and oxygen atoms in total. The number of carbonyl (C=O) groups is 1. The van der Waals surface area contributed by atoms with Gasteiger partial charge in [0.1, 0.15) is 5.60 Å². The van der Waals surface area contributed by atoms with Crippen LogP contribution in [0.15, 0.2) is 12.1 Å². The van der Waals surface area contributed by atoms with E-state index >= 15 is 0 Å². The Kier molecular flexibility index (Phi) is 4.86. The van der Waals surface area contributed by atoms with Gasteiger partial charge < -0.3 is 9.64 Å². The molecule has 0 unspecified atom stereocenters. The fraction of sp³-hybridized carbons (Fsp3) is 0.600. The van der Waals surface area contributed by atoms with E-state index in [1.165, 1.54) is 4.88 Å². The summed E-state index contributed by atoms with van der Waals surface area (Å²) in [5.74, 6) is 0.